The lowest BCUT2D eigenvalue weighted by atomic mass is 10.1. The average molecular weight is 444 g/mol. The summed E-state index contributed by atoms with van der Waals surface area (Å²) in [5.74, 6) is 1.65. The molecule has 4 heterocycles. The summed E-state index contributed by atoms with van der Waals surface area (Å²) in [6.45, 7) is 4.15. The molecular weight excluding hydrogens is 422 g/mol. The predicted molar refractivity (Wildman–Crippen MR) is 136 cm³/mol. The van der Waals surface area contributed by atoms with E-state index in [1.54, 1.807) is 0 Å². The van der Waals surface area contributed by atoms with Crippen LogP contribution in [-0.4, -0.2) is 21.1 Å². The van der Waals surface area contributed by atoms with Gasteiger partial charge in [-0.05, 0) is 56.3 Å². The van der Waals surface area contributed by atoms with E-state index in [9.17, 15) is 0 Å². The fraction of sp³-hybridized carbons (Fsp3) is 0.107. The number of benzene rings is 3. The summed E-state index contributed by atoms with van der Waals surface area (Å²) >= 11 is 0. The summed E-state index contributed by atoms with van der Waals surface area (Å²) < 4.78 is 6.35. The molecule has 1 aliphatic rings. The van der Waals surface area contributed by atoms with Crippen LogP contribution in [0.25, 0.3) is 33.1 Å². The first-order valence-electron chi connectivity index (χ1n) is 11.4. The van der Waals surface area contributed by atoms with Crippen molar-refractivity contribution in [2.75, 3.05) is 9.80 Å². The molecule has 6 aromatic rings. The molecular formula is C28H21N5O. The van der Waals surface area contributed by atoms with Crippen LogP contribution < -0.4 is 9.80 Å². The van der Waals surface area contributed by atoms with Gasteiger partial charge in [0.15, 0.2) is 17.2 Å². The fourth-order valence-electron chi connectivity index (χ4n) is 4.96. The molecule has 3 aromatic heterocycles. The van der Waals surface area contributed by atoms with Crippen molar-refractivity contribution in [2.45, 2.75) is 20.0 Å². The van der Waals surface area contributed by atoms with Crippen molar-refractivity contribution in [3.8, 4) is 0 Å². The summed E-state index contributed by atoms with van der Waals surface area (Å²) in [6.07, 6.45) is -0.0669. The number of furan rings is 1. The van der Waals surface area contributed by atoms with E-state index in [1.165, 1.54) is 0 Å². The molecule has 0 radical (unpaired) electrons. The number of para-hydroxylation sites is 4. The number of nitrogens with zero attached hydrogens (tertiary/aromatic N) is 5. The molecule has 1 unspecified atom stereocenters. The van der Waals surface area contributed by atoms with E-state index in [0.29, 0.717) is 5.71 Å². The molecule has 0 bridgehead atoms. The minimum absolute atomic E-state index is 0.0669. The lowest BCUT2D eigenvalue weighted by Gasteiger charge is -2.29. The number of aromatic nitrogens is 3. The summed E-state index contributed by atoms with van der Waals surface area (Å²) in [4.78, 5) is 19.2. The Labute approximate surface area is 196 Å². The number of aryl methyl sites for hydroxylation is 1. The quantitative estimate of drug-likeness (QED) is 0.291. The molecule has 0 aliphatic carbocycles. The van der Waals surface area contributed by atoms with Crippen LogP contribution >= 0.6 is 0 Å². The molecule has 1 aliphatic heterocycles. The number of rotatable bonds is 2. The first kappa shape index (κ1) is 19.1. The lowest BCUT2D eigenvalue weighted by molar-refractivity contribution is 0.648. The molecule has 0 fully saturated rings. The first-order valence-corrected chi connectivity index (χ1v) is 11.4. The van der Waals surface area contributed by atoms with Crippen LogP contribution in [-0.2, 0) is 0 Å². The van der Waals surface area contributed by atoms with Crippen molar-refractivity contribution < 1.29 is 4.42 Å². The van der Waals surface area contributed by atoms with Crippen LogP contribution in [0, 0.1) is 6.92 Å². The molecule has 34 heavy (non-hydrogen) atoms. The topological polar surface area (TPSA) is 58.3 Å². The zero-order valence-electron chi connectivity index (χ0n) is 18.8. The fourth-order valence-corrected chi connectivity index (χ4v) is 4.96. The maximum Gasteiger partial charge on any atom is 0.227 e. The van der Waals surface area contributed by atoms with E-state index in [2.05, 4.69) is 58.1 Å². The van der Waals surface area contributed by atoms with Gasteiger partial charge in [0.2, 0.25) is 5.71 Å². The van der Waals surface area contributed by atoms with Gasteiger partial charge in [0.25, 0.3) is 0 Å². The Morgan fingerprint density at radius 3 is 2.15 bits per heavy atom. The van der Waals surface area contributed by atoms with Crippen LogP contribution in [0.2, 0.25) is 0 Å². The Bertz CT molecular complexity index is 1710. The molecule has 0 saturated heterocycles. The zero-order valence-corrected chi connectivity index (χ0v) is 18.8. The second-order valence-electron chi connectivity index (χ2n) is 8.63. The molecule has 0 saturated carbocycles. The van der Waals surface area contributed by atoms with Crippen LogP contribution in [0.15, 0.2) is 89.3 Å². The van der Waals surface area contributed by atoms with Gasteiger partial charge in [0.05, 0.1) is 16.7 Å². The summed E-state index contributed by atoms with van der Waals surface area (Å²) in [5.41, 5.74) is 6.14. The highest BCUT2D eigenvalue weighted by atomic mass is 16.3. The van der Waals surface area contributed by atoms with Crippen molar-refractivity contribution in [3.63, 3.8) is 0 Å². The van der Waals surface area contributed by atoms with Gasteiger partial charge in [-0.15, -0.1) is 0 Å². The SMILES string of the molecule is Cc1ccc2c(n1)oc1c(N3c4nc5ccccc5nc4N(c4ccccc4)C3C)cccc12. The van der Waals surface area contributed by atoms with E-state index < -0.39 is 0 Å². The van der Waals surface area contributed by atoms with E-state index in [-0.39, 0.29) is 6.17 Å². The highest BCUT2D eigenvalue weighted by Gasteiger charge is 2.39. The van der Waals surface area contributed by atoms with Crippen molar-refractivity contribution in [3.05, 3.63) is 90.6 Å². The summed E-state index contributed by atoms with van der Waals surface area (Å²) in [6, 6.07) is 28.7. The zero-order chi connectivity index (χ0) is 22.8. The minimum Gasteiger partial charge on any atom is -0.435 e. The molecule has 6 heteroatoms. The number of hydrogen-bond acceptors (Lipinski definition) is 6. The van der Waals surface area contributed by atoms with Crippen LogP contribution in [0.5, 0.6) is 0 Å². The molecule has 1 atom stereocenters. The maximum atomic E-state index is 6.35. The second kappa shape index (κ2) is 7.02. The predicted octanol–water partition coefficient (Wildman–Crippen LogP) is 6.87. The van der Waals surface area contributed by atoms with Crippen LogP contribution in [0.3, 0.4) is 0 Å². The second-order valence-corrected chi connectivity index (χ2v) is 8.63. The van der Waals surface area contributed by atoms with Gasteiger partial charge in [-0.2, -0.15) is 0 Å². The molecule has 0 spiro atoms. The molecule has 0 N–H and O–H groups in total. The molecule has 0 amide bonds. The van der Waals surface area contributed by atoms with E-state index in [0.717, 1.165) is 56.1 Å². The van der Waals surface area contributed by atoms with Crippen molar-refractivity contribution in [1.29, 1.82) is 0 Å². The molecule has 3 aromatic carbocycles. The summed E-state index contributed by atoms with van der Waals surface area (Å²) in [5, 5.41) is 2.06. The Morgan fingerprint density at radius 2 is 1.38 bits per heavy atom. The molecule has 6 nitrogen and oxygen atoms in total. The number of hydrogen-bond donors (Lipinski definition) is 0. The maximum absolute atomic E-state index is 6.35. The van der Waals surface area contributed by atoms with Crippen LogP contribution in [0.1, 0.15) is 12.6 Å². The Morgan fingerprint density at radius 1 is 0.676 bits per heavy atom. The van der Waals surface area contributed by atoms with Gasteiger partial charge in [-0.25, -0.2) is 15.0 Å². The standard InChI is InChI=1S/C28H21N5O/c1-17-15-16-21-20-11-8-14-24(25(20)34-28(21)29-17)33-18(2)32(19-9-4-3-5-10-19)26-27(33)31-23-13-7-6-12-22(23)30-26/h3-16,18H,1-2H3. The van der Waals surface area contributed by atoms with Gasteiger partial charge < -0.3 is 9.32 Å². The Balaban J connectivity index is 1.51. The summed E-state index contributed by atoms with van der Waals surface area (Å²) in [7, 11) is 0. The Hall–Kier alpha value is -4.45. The number of fused-ring (bicyclic) bond motifs is 5. The van der Waals surface area contributed by atoms with E-state index >= 15 is 0 Å². The molecule has 7 rings (SSSR count). The van der Waals surface area contributed by atoms with Crippen molar-refractivity contribution in [2.24, 2.45) is 0 Å². The molecule has 164 valence electrons. The minimum atomic E-state index is -0.0669. The highest BCUT2D eigenvalue weighted by molar-refractivity contribution is 6.09. The number of pyridine rings is 1. The average Bonchev–Trinajstić information content (AvgIpc) is 3.36. The smallest absolute Gasteiger partial charge is 0.227 e. The normalized spacial score (nSPS) is 15.5. The highest BCUT2D eigenvalue weighted by Crippen LogP contribution is 2.48. The van der Waals surface area contributed by atoms with Gasteiger partial charge in [-0.3, -0.25) is 4.90 Å². The third-order valence-electron chi connectivity index (χ3n) is 6.51. The van der Waals surface area contributed by atoms with Crippen molar-refractivity contribution >= 4 is 56.1 Å². The Kier molecular flexibility index (Phi) is 3.94. The van der Waals surface area contributed by atoms with Gasteiger partial charge in [0, 0.05) is 22.2 Å². The largest absolute Gasteiger partial charge is 0.435 e. The van der Waals surface area contributed by atoms with Gasteiger partial charge in [-0.1, -0.05) is 42.5 Å². The third-order valence-corrected chi connectivity index (χ3v) is 6.51. The van der Waals surface area contributed by atoms with Crippen molar-refractivity contribution in [1.82, 2.24) is 15.0 Å². The monoisotopic (exact) mass is 443 g/mol. The van der Waals surface area contributed by atoms with Crippen LogP contribution in [0.4, 0.5) is 23.0 Å². The third kappa shape index (κ3) is 2.65. The number of anilines is 4. The van der Waals surface area contributed by atoms with E-state index in [4.69, 9.17) is 14.4 Å². The lowest BCUT2D eigenvalue weighted by Crippen LogP contribution is -2.35. The van der Waals surface area contributed by atoms with E-state index in [1.807, 2.05) is 55.5 Å². The first-order chi connectivity index (χ1) is 16.7. The van der Waals surface area contributed by atoms with Gasteiger partial charge >= 0.3 is 0 Å². The van der Waals surface area contributed by atoms with Gasteiger partial charge in [0.1, 0.15) is 6.17 Å².